The quantitative estimate of drug-likeness (QED) is 0.262. The number of esters is 1. The molecule has 2 rings (SSSR count). The Morgan fingerprint density at radius 2 is 1.77 bits per heavy atom. The van der Waals surface area contributed by atoms with E-state index in [9.17, 15) is 24.3 Å². The van der Waals surface area contributed by atoms with Gasteiger partial charge in [0, 0.05) is 44.3 Å². The number of benzene rings is 1. The van der Waals surface area contributed by atoms with Crippen LogP contribution in [0.25, 0.3) is 0 Å². The Labute approximate surface area is 241 Å². The van der Waals surface area contributed by atoms with Gasteiger partial charge < -0.3 is 20.1 Å². The zero-order valence-corrected chi connectivity index (χ0v) is 25.2. The summed E-state index contributed by atoms with van der Waals surface area (Å²) in [5.41, 5.74) is 1.16. The highest BCUT2D eigenvalue weighted by atomic mass is 32.1. The summed E-state index contributed by atoms with van der Waals surface area (Å²) in [7, 11) is 1.78. The normalized spacial score (nSPS) is 14.2. The lowest BCUT2D eigenvalue weighted by Gasteiger charge is -2.33. The smallest absolute Gasteiger partial charge is 0.306 e. The molecule has 1 aromatic carbocycles. The van der Waals surface area contributed by atoms with Crippen molar-refractivity contribution in [3.63, 3.8) is 0 Å². The first kappa shape index (κ1) is 32.9. The van der Waals surface area contributed by atoms with Crippen LogP contribution in [0.1, 0.15) is 93.9 Å². The van der Waals surface area contributed by atoms with Crippen LogP contribution >= 0.6 is 11.3 Å². The molecule has 2 amide bonds. The number of hydrogen-bond donors (Lipinski definition) is 2. The molecule has 0 saturated heterocycles. The van der Waals surface area contributed by atoms with Gasteiger partial charge in [-0.25, -0.2) is 4.98 Å². The maximum absolute atomic E-state index is 13.2. The van der Waals surface area contributed by atoms with E-state index in [0.717, 1.165) is 18.4 Å². The van der Waals surface area contributed by atoms with Crippen molar-refractivity contribution in [1.29, 1.82) is 0 Å². The molecule has 1 unspecified atom stereocenters. The third-order valence-electron chi connectivity index (χ3n) is 6.92. The lowest BCUT2D eigenvalue weighted by Crippen LogP contribution is -2.41. The largest absolute Gasteiger partial charge is 0.481 e. The number of rotatable bonds is 16. The summed E-state index contributed by atoms with van der Waals surface area (Å²) in [4.78, 5) is 55.7. The average molecular weight is 574 g/mol. The highest BCUT2D eigenvalue weighted by Gasteiger charge is 2.31. The predicted molar refractivity (Wildman–Crippen MR) is 155 cm³/mol. The van der Waals surface area contributed by atoms with Crippen molar-refractivity contribution in [2.24, 2.45) is 11.8 Å². The third kappa shape index (κ3) is 10.4. The molecule has 10 heteroatoms. The predicted octanol–water partition coefficient (Wildman–Crippen LogP) is 5.26. The van der Waals surface area contributed by atoms with Crippen LogP contribution in [0.5, 0.6) is 0 Å². The highest BCUT2D eigenvalue weighted by molar-refractivity contribution is 7.09. The number of nitrogens with zero attached hydrogens (tertiary/aromatic N) is 2. The Morgan fingerprint density at radius 1 is 1.10 bits per heavy atom. The van der Waals surface area contributed by atoms with Gasteiger partial charge >= 0.3 is 11.9 Å². The molecular weight excluding hydrogens is 530 g/mol. The van der Waals surface area contributed by atoms with Gasteiger partial charge in [-0.2, -0.15) is 0 Å². The number of aliphatic carboxylic acids is 1. The Morgan fingerprint density at radius 3 is 2.35 bits per heavy atom. The van der Waals surface area contributed by atoms with Crippen LogP contribution in [-0.4, -0.2) is 57.9 Å². The van der Waals surface area contributed by atoms with Crippen LogP contribution in [0.4, 0.5) is 0 Å². The summed E-state index contributed by atoms with van der Waals surface area (Å²) in [6, 6.07) is 8.96. The van der Waals surface area contributed by atoms with Crippen molar-refractivity contribution in [2.75, 3.05) is 7.05 Å². The molecule has 0 aliphatic rings. The average Bonchev–Trinajstić information content (AvgIpc) is 3.40. The second-order valence-electron chi connectivity index (χ2n) is 10.7. The van der Waals surface area contributed by atoms with Gasteiger partial charge in [-0.15, -0.1) is 11.3 Å². The van der Waals surface area contributed by atoms with Crippen LogP contribution in [-0.2, 0) is 25.5 Å². The van der Waals surface area contributed by atoms with Gasteiger partial charge in [0.15, 0.2) is 6.10 Å². The van der Waals surface area contributed by atoms with Crippen molar-refractivity contribution < 1.29 is 29.0 Å². The summed E-state index contributed by atoms with van der Waals surface area (Å²) in [6.07, 6.45) is 2.57. The van der Waals surface area contributed by atoms with Gasteiger partial charge in [0.25, 0.3) is 5.91 Å². The first-order valence-electron chi connectivity index (χ1n) is 13.9. The number of unbranched alkanes of at least 4 members (excludes halogenated alkanes) is 1. The topological polar surface area (TPSA) is 126 Å². The molecule has 220 valence electrons. The summed E-state index contributed by atoms with van der Waals surface area (Å²) < 4.78 is 5.63. The molecular formula is C30H43N3O6S. The zero-order chi connectivity index (χ0) is 29.8. The maximum atomic E-state index is 13.2. The summed E-state index contributed by atoms with van der Waals surface area (Å²) >= 11 is 1.22. The van der Waals surface area contributed by atoms with Gasteiger partial charge in [-0.05, 0) is 30.7 Å². The lowest BCUT2D eigenvalue weighted by molar-refractivity contribution is -0.148. The van der Waals surface area contributed by atoms with E-state index >= 15 is 0 Å². The fourth-order valence-corrected chi connectivity index (χ4v) is 5.44. The molecule has 0 spiro atoms. The molecule has 1 aromatic heterocycles. The van der Waals surface area contributed by atoms with Gasteiger partial charge in [0.05, 0.1) is 5.92 Å². The minimum atomic E-state index is -0.926. The molecule has 0 aliphatic carbocycles. The number of amides is 2. The molecule has 0 aliphatic heterocycles. The monoisotopic (exact) mass is 573 g/mol. The molecule has 2 N–H and O–H groups in total. The first-order chi connectivity index (χ1) is 18.9. The van der Waals surface area contributed by atoms with Gasteiger partial charge in [-0.1, -0.05) is 64.4 Å². The Hall–Kier alpha value is -3.27. The third-order valence-corrected chi connectivity index (χ3v) is 7.85. The van der Waals surface area contributed by atoms with Crippen molar-refractivity contribution in [2.45, 2.75) is 91.3 Å². The van der Waals surface area contributed by atoms with E-state index in [1.165, 1.54) is 18.3 Å². The number of thiazole rings is 1. The minimum absolute atomic E-state index is 0.0429. The van der Waals surface area contributed by atoms with Crippen molar-refractivity contribution >= 4 is 35.1 Å². The van der Waals surface area contributed by atoms with E-state index in [0.29, 0.717) is 24.3 Å². The molecule has 2 aromatic rings. The molecule has 4 atom stereocenters. The maximum Gasteiger partial charge on any atom is 0.306 e. The fourth-order valence-electron chi connectivity index (χ4n) is 4.60. The van der Waals surface area contributed by atoms with Gasteiger partial charge in [0.2, 0.25) is 5.91 Å². The number of hydrogen-bond acceptors (Lipinski definition) is 7. The van der Waals surface area contributed by atoms with E-state index in [1.807, 2.05) is 51.1 Å². The van der Waals surface area contributed by atoms with Crippen molar-refractivity contribution in [3.8, 4) is 0 Å². The van der Waals surface area contributed by atoms with E-state index in [2.05, 4.69) is 10.3 Å². The summed E-state index contributed by atoms with van der Waals surface area (Å²) in [5, 5.41) is 14.5. The minimum Gasteiger partial charge on any atom is -0.481 e. The van der Waals surface area contributed by atoms with E-state index in [1.54, 1.807) is 24.3 Å². The van der Waals surface area contributed by atoms with Gasteiger partial charge in [-0.3, -0.25) is 19.2 Å². The Balaban J connectivity index is 2.23. The molecule has 0 fully saturated rings. The van der Waals surface area contributed by atoms with Crippen LogP contribution in [0, 0.1) is 11.8 Å². The van der Waals surface area contributed by atoms with Crippen LogP contribution in [0.15, 0.2) is 35.7 Å². The molecule has 0 radical (unpaired) electrons. The number of carbonyl (C=O) groups is 4. The Bertz CT molecular complexity index is 1120. The van der Waals surface area contributed by atoms with Gasteiger partial charge in [0.1, 0.15) is 10.7 Å². The second-order valence-corrected chi connectivity index (χ2v) is 11.5. The number of ether oxygens (including phenoxy) is 1. The molecule has 9 nitrogen and oxygen atoms in total. The summed E-state index contributed by atoms with van der Waals surface area (Å²) in [6.45, 7) is 9.02. The van der Waals surface area contributed by atoms with Crippen LogP contribution in [0.2, 0.25) is 0 Å². The molecule has 1 heterocycles. The highest BCUT2D eigenvalue weighted by Crippen LogP contribution is 2.30. The number of nitrogens with one attached hydrogen (secondary N) is 1. The zero-order valence-electron chi connectivity index (χ0n) is 24.4. The number of carbonyl (C=O) groups excluding carboxylic acids is 3. The second kappa shape index (κ2) is 16.1. The van der Waals surface area contributed by atoms with Crippen LogP contribution in [0.3, 0.4) is 0 Å². The lowest BCUT2D eigenvalue weighted by atomic mass is 9.96. The van der Waals surface area contributed by atoms with Crippen molar-refractivity contribution in [1.82, 2.24) is 15.2 Å². The SMILES string of the molecule is CCCCC(=O)N(C)[C@H](CC(OC(C)=O)c1nc(C(=O)N[C@@H](Cc2ccccc2)C[C@H](C)C(=O)O)cs1)C(C)C. The molecule has 40 heavy (non-hydrogen) atoms. The standard InChI is InChI=1S/C30H43N3O6S/c1-7-8-14-27(35)33(6)25(19(2)3)17-26(39-21(5)34)29-32-24(18-40-29)28(36)31-23(15-20(4)30(37)38)16-22-12-10-9-11-13-22/h9-13,18-20,23,25-26H,7-8,14-17H2,1-6H3,(H,31,36)(H,37,38)/t20-,23+,25+,26?/m0/s1. The van der Waals surface area contributed by atoms with Crippen molar-refractivity contribution in [3.05, 3.63) is 52.0 Å². The number of aromatic nitrogens is 1. The van der Waals surface area contributed by atoms with E-state index in [4.69, 9.17) is 4.74 Å². The number of carboxylic acid groups (broad SMARTS) is 1. The van der Waals surface area contributed by atoms with E-state index in [-0.39, 0.29) is 30.0 Å². The molecule has 0 bridgehead atoms. The fraction of sp³-hybridized carbons (Fsp3) is 0.567. The van der Waals surface area contributed by atoms with Crippen LogP contribution < -0.4 is 5.32 Å². The van der Waals surface area contributed by atoms with E-state index < -0.39 is 35.9 Å². The molecule has 0 saturated carbocycles. The Kier molecular flexibility index (Phi) is 13.3. The first-order valence-corrected chi connectivity index (χ1v) is 14.8. The summed E-state index contributed by atoms with van der Waals surface area (Å²) in [5.74, 6) is -2.31. The number of carboxylic acids is 1.